The van der Waals surface area contributed by atoms with E-state index in [4.69, 9.17) is 15.2 Å². The summed E-state index contributed by atoms with van der Waals surface area (Å²) in [6, 6.07) is 6.10. The van der Waals surface area contributed by atoms with Crippen LogP contribution in [0.25, 0.3) is 0 Å². The SMILES string of the molecule is COCCN(c1ccc(N)cc1Br)C(C)COC. The summed E-state index contributed by atoms with van der Waals surface area (Å²) in [4.78, 5) is 2.25. The molecule has 1 atom stereocenters. The molecule has 0 aromatic heterocycles. The second-order valence-electron chi connectivity index (χ2n) is 4.20. The lowest BCUT2D eigenvalue weighted by Crippen LogP contribution is -2.38. The zero-order valence-electron chi connectivity index (χ0n) is 11.1. The number of nitrogens with zero attached hydrogens (tertiary/aromatic N) is 1. The number of methoxy groups -OCH3 is 2. The third-order valence-corrected chi connectivity index (χ3v) is 3.39. The average molecular weight is 317 g/mol. The van der Waals surface area contributed by atoms with E-state index in [1.807, 2.05) is 18.2 Å². The molecule has 0 aliphatic heterocycles. The van der Waals surface area contributed by atoms with Gasteiger partial charge in [0.25, 0.3) is 0 Å². The highest BCUT2D eigenvalue weighted by molar-refractivity contribution is 9.10. The van der Waals surface area contributed by atoms with Crippen LogP contribution in [0.4, 0.5) is 11.4 Å². The molecule has 0 aliphatic carbocycles. The Labute approximate surface area is 117 Å². The van der Waals surface area contributed by atoms with Crippen LogP contribution in [0.3, 0.4) is 0 Å². The molecule has 5 heteroatoms. The molecule has 1 aromatic rings. The number of ether oxygens (including phenoxy) is 2. The third-order valence-electron chi connectivity index (χ3n) is 2.76. The standard InChI is InChI=1S/C13H21BrN2O2/c1-10(9-18-3)16(6-7-17-2)13-5-4-11(15)8-12(13)14/h4-5,8,10H,6-7,9,15H2,1-3H3. The molecule has 1 unspecified atom stereocenters. The first-order valence-corrected chi connectivity index (χ1v) is 6.69. The van der Waals surface area contributed by atoms with Gasteiger partial charge < -0.3 is 20.1 Å². The molecule has 0 aliphatic rings. The van der Waals surface area contributed by atoms with Gasteiger partial charge in [-0.25, -0.2) is 0 Å². The molecule has 0 spiro atoms. The van der Waals surface area contributed by atoms with Crippen LogP contribution in [0.15, 0.2) is 22.7 Å². The van der Waals surface area contributed by atoms with Crippen LogP contribution in [0.5, 0.6) is 0 Å². The van der Waals surface area contributed by atoms with Gasteiger partial charge in [-0.15, -0.1) is 0 Å². The molecule has 0 amide bonds. The molecule has 1 aromatic carbocycles. The maximum absolute atomic E-state index is 5.76. The van der Waals surface area contributed by atoms with Crippen LogP contribution in [-0.2, 0) is 9.47 Å². The van der Waals surface area contributed by atoms with Crippen molar-refractivity contribution in [1.29, 1.82) is 0 Å². The lowest BCUT2D eigenvalue weighted by atomic mass is 10.2. The number of rotatable bonds is 7. The van der Waals surface area contributed by atoms with Gasteiger partial charge in [-0.2, -0.15) is 0 Å². The van der Waals surface area contributed by atoms with E-state index in [0.29, 0.717) is 13.2 Å². The molecule has 102 valence electrons. The fourth-order valence-electron chi connectivity index (χ4n) is 1.86. The minimum atomic E-state index is 0.269. The molecule has 1 rings (SSSR count). The van der Waals surface area contributed by atoms with Crippen molar-refractivity contribution in [2.45, 2.75) is 13.0 Å². The molecule has 4 nitrogen and oxygen atoms in total. The van der Waals surface area contributed by atoms with E-state index in [2.05, 4.69) is 27.8 Å². The zero-order chi connectivity index (χ0) is 13.5. The second-order valence-corrected chi connectivity index (χ2v) is 5.06. The number of hydrogen-bond donors (Lipinski definition) is 1. The molecule has 0 bridgehead atoms. The fraction of sp³-hybridized carbons (Fsp3) is 0.538. The highest BCUT2D eigenvalue weighted by Crippen LogP contribution is 2.29. The monoisotopic (exact) mass is 316 g/mol. The molecular weight excluding hydrogens is 296 g/mol. The van der Waals surface area contributed by atoms with Gasteiger partial charge in [0.15, 0.2) is 0 Å². The first-order valence-electron chi connectivity index (χ1n) is 5.89. The maximum atomic E-state index is 5.76. The topological polar surface area (TPSA) is 47.7 Å². The molecule has 0 fully saturated rings. The molecule has 0 saturated heterocycles. The first-order chi connectivity index (χ1) is 8.60. The lowest BCUT2D eigenvalue weighted by Gasteiger charge is -2.31. The highest BCUT2D eigenvalue weighted by Gasteiger charge is 2.16. The Morgan fingerprint density at radius 1 is 1.33 bits per heavy atom. The van der Waals surface area contributed by atoms with Gasteiger partial charge in [-0.1, -0.05) is 0 Å². The van der Waals surface area contributed by atoms with E-state index in [1.54, 1.807) is 14.2 Å². The Hall–Kier alpha value is -0.780. The number of hydrogen-bond acceptors (Lipinski definition) is 4. The van der Waals surface area contributed by atoms with Crippen molar-refractivity contribution < 1.29 is 9.47 Å². The Bertz CT molecular complexity index is 374. The molecule has 0 radical (unpaired) electrons. The Morgan fingerprint density at radius 3 is 2.61 bits per heavy atom. The summed E-state index contributed by atoms with van der Waals surface area (Å²) >= 11 is 3.56. The molecule has 2 N–H and O–H groups in total. The molecule has 18 heavy (non-hydrogen) atoms. The van der Waals surface area contributed by atoms with Crippen molar-refractivity contribution in [3.8, 4) is 0 Å². The second kappa shape index (κ2) is 7.61. The van der Waals surface area contributed by atoms with Crippen molar-refractivity contribution in [3.05, 3.63) is 22.7 Å². The smallest absolute Gasteiger partial charge is 0.0663 e. The van der Waals surface area contributed by atoms with Gasteiger partial charge in [-0.3, -0.25) is 0 Å². The predicted octanol–water partition coefficient (Wildman–Crippen LogP) is 2.52. The number of anilines is 2. The number of benzene rings is 1. The number of halogens is 1. The van der Waals surface area contributed by atoms with Crippen LogP contribution in [-0.4, -0.2) is 40.0 Å². The minimum Gasteiger partial charge on any atom is -0.399 e. The third kappa shape index (κ3) is 4.15. The molecule has 0 saturated carbocycles. The van der Waals surface area contributed by atoms with E-state index in [1.165, 1.54) is 0 Å². The summed E-state index contributed by atoms with van der Waals surface area (Å²) in [6.45, 7) is 4.27. The summed E-state index contributed by atoms with van der Waals surface area (Å²) in [5.74, 6) is 0. The first kappa shape index (κ1) is 15.3. The van der Waals surface area contributed by atoms with Gasteiger partial charge in [0.2, 0.25) is 0 Å². The van der Waals surface area contributed by atoms with Crippen LogP contribution >= 0.6 is 15.9 Å². The summed E-state index contributed by atoms with van der Waals surface area (Å²) in [5.41, 5.74) is 7.61. The zero-order valence-corrected chi connectivity index (χ0v) is 12.7. The van der Waals surface area contributed by atoms with Crippen LogP contribution in [0.1, 0.15) is 6.92 Å². The number of nitrogens with two attached hydrogens (primary N) is 1. The maximum Gasteiger partial charge on any atom is 0.0663 e. The Balaban J connectivity index is 2.93. The number of nitrogen functional groups attached to an aromatic ring is 1. The Kier molecular flexibility index (Phi) is 6.46. The van der Waals surface area contributed by atoms with Crippen molar-refractivity contribution in [1.82, 2.24) is 0 Å². The van der Waals surface area contributed by atoms with E-state index in [0.717, 1.165) is 22.4 Å². The van der Waals surface area contributed by atoms with Crippen LogP contribution in [0, 0.1) is 0 Å². The fourth-order valence-corrected chi connectivity index (χ4v) is 2.48. The van der Waals surface area contributed by atoms with Crippen molar-refractivity contribution in [2.24, 2.45) is 0 Å². The molecule has 0 heterocycles. The Morgan fingerprint density at radius 2 is 2.06 bits per heavy atom. The summed E-state index contributed by atoms with van der Waals surface area (Å²) < 4.78 is 11.4. The van der Waals surface area contributed by atoms with E-state index >= 15 is 0 Å². The van der Waals surface area contributed by atoms with E-state index in [9.17, 15) is 0 Å². The highest BCUT2D eigenvalue weighted by atomic mass is 79.9. The predicted molar refractivity (Wildman–Crippen MR) is 79.1 cm³/mol. The van der Waals surface area contributed by atoms with E-state index < -0.39 is 0 Å². The summed E-state index contributed by atoms with van der Waals surface area (Å²) in [6.07, 6.45) is 0. The minimum absolute atomic E-state index is 0.269. The van der Waals surface area contributed by atoms with Gasteiger partial charge >= 0.3 is 0 Å². The van der Waals surface area contributed by atoms with E-state index in [-0.39, 0.29) is 6.04 Å². The molecular formula is C13H21BrN2O2. The van der Waals surface area contributed by atoms with Gasteiger partial charge in [0, 0.05) is 37.0 Å². The van der Waals surface area contributed by atoms with Gasteiger partial charge in [0.05, 0.1) is 18.9 Å². The summed E-state index contributed by atoms with van der Waals surface area (Å²) in [5, 5.41) is 0. The van der Waals surface area contributed by atoms with Crippen molar-refractivity contribution >= 4 is 27.3 Å². The van der Waals surface area contributed by atoms with Crippen LogP contribution < -0.4 is 10.6 Å². The van der Waals surface area contributed by atoms with Crippen molar-refractivity contribution in [3.63, 3.8) is 0 Å². The lowest BCUT2D eigenvalue weighted by molar-refractivity contribution is 0.171. The van der Waals surface area contributed by atoms with Crippen molar-refractivity contribution in [2.75, 3.05) is 44.6 Å². The average Bonchev–Trinajstić information content (AvgIpc) is 2.32. The van der Waals surface area contributed by atoms with Gasteiger partial charge in [-0.05, 0) is 41.1 Å². The largest absolute Gasteiger partial charge is 0.399 e. The summed E-state index contributed by atoms with van der Waals surface area (Å²) in [7, 11) is 3.42. The van der Waals surface area contributed by atoms with Crippen LogP contribution in [0.2, 0.25) is 0 Å². The normalized spacial score (nSPS) is 12.4. The quantitative estimate of drug-likeness (QED) is 0.785. The van der Waals surface area contributed by atoms with Gasteiger partial charge in [0.1, 0.15) is 0 Å².